The number of hydrogen-bond acceptors (Lipinski definition) is 6. The molecule has 11 heteroatoms. The standard InChI is InChI=1S/2CH3O3Si.3Ca/c2*1-5(2,3)4;;;/h2*1H3;;;/q2*-3;3*+2. The van der Waals surface area contributed by atoms with Gasteiger partial charge in [0, 0.05) is 0 Å². The van der Waals surface area contributed by atoms with Crippen molar-refractivity contribution in [3.63, 3.8) is 0 Å². The van der Waals surface area contributed by atoms with Crippen molar-refractivity contribution >= 4 is 131 Å². The quantitative estimate of drug-likeness (QED) is 0.407. The van der Waals surface area contributed by atoms with Gasteiger partial charge in [-0.2, -0.15) is 0 Å². The molecule has 0 radical (unpaired) electrons. The van der Waals surface area contributed by atoms with Crippen LogP contribution in [0.3, 0.4) is 0 Å². The fourth-order valence-corrected chi connectivity index (χ4v) is 0. The predicted octanol–water partition coefficient (Wildman–Crippen LogP) is -7.87. The van der Waals surface area contributed by atoms with Gasteiger partial charge in [0.1, 0.15) is 0 Å². The largest absolute Gasteiger partial charge is 2.00 e. The first-order chi connectivity index (χ1) is 4.00. The molecule has 0 bridgehead atoms. The van der Waals surface area contributed by atoms with Gasteiger partial charge in [-0.05, 0) is 0 Å². The average Bonchev–Trinajstić information content (AvgIpc) is 1.12. The van der Waals surface area contributed by atoms with Gasteiger partial charge in [-0.15, -0.1) is 13.1 Å². The van der Waals surface area contributed by atoms with Crippen molar-refractivity contribution in [2.75, 3.05) is 0 Å². The van der Waals surface area contributed by atoms with Crippen molar-refractivity contribution < 1.29 is 28.8 Å². The monoisotopic (exact) mass is 302 g/mol. The molecule has 0 saturated carbocycles. The van der Waals surface area contributed by atoms with Crippen molar-refractivity contribution in [1.82, 2.24) is 0 Å². The van der Waals surface area contributed by atoms with Gasteiger partial charge in [-0.1, -0.05) is 0 Å². The smallest absolute Gasteiger partial charge is 0.881 e. The van der Waals surface area contributed by atoms with Gasteiger partial charge in [0.2, 0.25) is 0 Å². The van der Waals surface area contributed by atoms with Gasteiger partial charge < -0.3 is 28.8 Å². The van der Waals surface area contributed by atoms with E-state index >= 15 is 0 Å². The van der Waals surface area contributed by atoms with Crippen molar-refractivity contribution in [3.8, 4) is 0 Å². The van der Waals surface area contributed by atoms with Crippen LogP contribution >= 0.6 is 0 Å². The van der Waals surface area contributed by atoms with Crippen LogP contribution in [-0.2, 0) is 0 Å². The minimum atomic E-state index is -4.36. The van der Waals surface area contributed by atoms with Gasteiger partial charge in [-0.25, -0.2) is 0 Å². The number of rotatable bonds is 0. The van der Waals surface area contributed by atoms with Gasteiger partial charge in [0.25, 0.3) is 0 Å². The molecular weight excluding hydrogens is 296 g/mol. The third kappa shape index (κ3) is 198. The van der Waals surface area contributed by atoms with E-state index in [1.54, 1.807) is 0 Å². The van der Waals surface area contributed by atoms with E-state index in [0.717, 1.165) is 0 Å². The summed E-state index contributed by atoms with van der Waals surface area (Å²) in [5.74, 6) is 0. The minimum Gasteiger partial charge on any atom is -0.881 e. The third-order valence-corrected chi connectivity index (χ3v) is 0. The maximum Gasteiger partial charge on any atom is 2.00 e. The molecule has 0 rings (SSSR count). The molecule has 13 heavy (non-hydrogen) atoms. The zero-order valence-corrected chi connectivity index (χ0v) is 16.2. The maximum absolute atomic E-state index is 9.13. The first-order valence-corrected chi connectivity index (χ1v) is 6.67. The molecule has 0 aliphatic carbocycles. The molecule has 0 spiro atoms. The van der Waals surface area contributed by atoms with Gasteiger partial charge in [-0.3, -0.25) is 17.6 Å². The molecule has 0 aromatic carbocycles. The SMILES string of the molecule is C[Si]([O-])([O-])[O-].C[Si]([O-])([O-])[O-].[Ca+2].[Ca+2].[Ca+2]. The Kier molecular flexibility index (Phi) is 32.6. The van der Waals surface area contributed by atoms with E-state index in [1.807, 2.05) is 0 Å². The van der Waals surface area contributed by atoms with Crippen LogP contribution in [0.5, 0.6) is 0 Å². The zero-order valence-electron chi connectivity index (χ0n) is 7.57. The van der Waals surface area contributed by atoms with E-state index in [0.29, 0.717) is 13.1 Å². The number of hydrogen-bond donors (Lipinski definition) is 0. The first-order valence-electron chi connectivity index (χ1n) is 2.22. The second-order valence-corrected chi connectivity index (χ2v) is 5.17. The van der Waals surface area contributed by atoms with Crippen LogP contribution in [0.1, 0.15) is 0 Å². The first kappa shape index (κ1) is 30.2. The van der Waals surface area contributed by atoms with Crippen molar-refractivity contribution in [2.45, 2.75) is 13.1 Å². The summed E-state index contributed by atoms with van der Waals surface area (Å²) >= 11 is 0. The van der Waals surface area contributed by atoms with E-state index in [9.17, 15) is 0 Å². The molecule has 0 unspecified atom stereocenters. The molecule has 0 aliphatic heterocycles. The van der Waals surface area contributed by atoms with Crippen LogP contribution in [-0.4, -0.2) is 131 Å². The fourth-order valence-electron chi connectivity index (χ4n) is 0. The van der Waals surface area contributed by atoms with Crippen molar-refractivity contribution in [1.29, 1.82) is 0 Å². The Morgan fingerprint density at radius 2 is 0.538 bits per heavy atom. The average molecular weight is 302 g/mol. The molecule has 0 aliphatic rings. The summed E-state index contributed by atoms with van der Waals surface area (Å²) in [5, 5.41) is 0. The van der Waals surface area contributed by atoms with E-state index in [4.69, 9.17) is 28.8 Å². The van der Waals surface area contributed by atoms with Crippen molar-refractivity contribution in [2.24, 2.45) is 0 Å². The molecular formula is C2H6Ca3O6Si2. The molecule has 0 heterocycles. The van der Waals surface area contributed by atoms with E-state index in [2.05, 4.69) is 0 Å². The van der Waals surface area contributed by atoms with Crippen LogP contribution in [0.15, 0.2) is 0 Å². The van der Waals surface area contributed by atoms with Crippen LogP contribution < -0.4 is 28.8 Å². The van der Waals surface area contributed by atoms with Gasteiger partial charge in [0.15, 0.2) is 0 Å². The summed E-state index contributed by atoms with van der Waals surface area (Å²) in [6, 6.07) is 0. The molecule has 0 aromatic heterocycles. The summed E-state index contributed by atoms with van der Waals surface area (Å²) in [6.45, 7) is 1.32. The Bertz CT molecular complexity index is 66.9. The Morgan fingerprint density at radius 3 is 0.538 bits per heavy atom. The van der Waals surface area contributed by atoms with Crippen LogP contribution in [0, 0.1) is 0 Å². The Morgan fingerprint density at radius 1 is 0.538 bits per heavy atom. The van der Waals surface area contributed by atoms with E-state index in [-0.39, 0.29) is 113 Å². The van der Waals surface area contributed by atoms with Gasteiger partial charge >= 0.3 is 113 Å². The van der Waals surface area contributed by atoms with Crippen LogP contribution in [0.2, 0.25) is 13.1 Å². The molecule has 0 fully saturated rings. The molecule has 0 N–H and O–H groups in total. The maximum atomic E-state index is 9.13. The Balaban J connectivity index is -0.0000000267. The fraction of sp³-hybridized carbons (Fsp3) is 1.00. The van der Waals surface area contributed by atoms with Crippen molar-refractivity contribution in [3.05, 3.63) is 0 Å². The Labute approximate surface area is 169 Å². The summed E-state index contributed by atoms with van der Waals surface area (Å²) in [7, 11) is -8.72. The normalized spacial score (nSPS) is 9.23. The Hall–Kier alpha value is 3.97. The molecule has 64 valence electrons. The summed E-state index contributed by atoms with van der Waals surface area (Å²) < 4.78 is 0. The van der Waals surface area contributed by atoms with Crippen LogP contribution in [0.25, 0.3) is 0 Å². The minimum absolute atomic E-state index is 0. The van der Waals surface area contributed by atoms with E-state index < -0.39 is 17.6 Å². The van der Waals surface area contributed by atoms with E-state index in [1.165, 1.54) is 0 Å². The molecule has 0 amide bonds. The predicted molar refractivity (Wildman–Crippen MR) is 40.5 cm³/mol. The van der Waals surface area contributed by atoms with Gasteiger partial charge in [0.05, 0.1) is 0 Å². The second-order valence-electron chi connectivity index (χ2n) is 1.72. The zero-order chi connectivity index (χ0) is 9.00. The topological polar surface area (TPSA) is 138 Å². The summed E-state index contributed by atoms with van der Waals surface area (Å²) in [4.78, 5) is 54.8. The van der Waals surface area contributed by atoms with Crippen LogP contribution in [0.4, 0.5) is 0 Å². The molecule has 6 nitrogen and oxygen atoms in total. The molecule has 0 aromatic rings. The summed E-state index contributed by atoms with van der Waals surface area (Å²) in [5.41, 5.74) is 0. The third-order valence-electron chi connectivity index (χ3n) is 0. The molecule has 0 saturated heterocycles. The molecule has 0 atom stereocenters. The summed E-state index contributed by atoms with van der Waals surface area (Å²) in [6.07, 6.45) is 0. The second kappa shape index (κ2) is 14.0.